The van der Waals surface area contributed by atoms with Crippen LogP contribution in [0.5, 0.6) is 0 Å². The molecule has 0 unspecified atom stereocenters. The molecule has 6 nitrogen and oxygen atoms in total. The molecule has 0 saturated carbocycles. The number of aliphatic hydroxyl groups is 3. The Morgan fingerprint density at radius 2 is 1.96 bits per heavy atom. The lowest BCUT2D eigenvalue weighted by molar-refractivity contribution is -0.304. The van der Waals surface area contributed by atoms with Crippen LogP contribution in [0.4, 0.5) is 0 Å². The molecule has 3 N–H and O–H groups in total. The molecule has 1 aromatic carbocycles. The predicted molar refractivity (Wildman–Crippen MR) is 91.6 cm³/mol. The smallest absolute Gasteiger partial charge is 0.186 e. The van der Waals surface area contributed by atoms with Crippen molar-refractivity contribution in [3.05, 3.63) is 54.1 Å². The lowest BCUT2D eigenvalue weighted by Gasteiger charge is -2.42. The maximum Gasteiger partial charge on any atom is 0.186 e. The van der Waals surface area contributed by atoms with Gasteiger partial charge in [0.1, 0.15) is 30.5 Å². The summed E-state index contributed by atoms with van der Waals surface area (Å²) in [5, 5.41) is 31.4. The SMILES string of the molecule is C=CCO[C@@H]1O[C@@H](C)[C@@H](O)[C@@H](O[C@@H]2C=Cc3ccccc3[C@H]2O)[C@@H]1O. The van der Waals surface area contributed by atoms with Gasteiger partial charge in [0.15, 0.2) is 6.29 Å². The maximum absolute atomic E-state index is 10.6. The molecular formula is C19H24O6. The van der Waals surface area contributed by atoms with Gasteiger partial charge in [0.25, 0.3) is 0 Å². The summed E-state index contributed by atoms with van der Waals surface area (Å²) < 4.78 is 16.8. The van der Waals surface area contributed by atoms with Crippen molar-refractivity contribution in [1.29, 1.82) is 0 Å². The van der Waals surface area contributed by atoms with Gasteiger partial charge in [-0.2, -0.15) is 0 Å². The fourth-order valence-corrected chi connectivity index (χ4v) is 3.17. The Kier molecular flexibility index (Phi) is 5.68. The zero-order chi connectivity index (χ0) is 18.0. The minimum Gasteiger partial charge on any atom is -0.388 e. The Morgan fingerprint density at radius 3 is 2.72 bits per heavy atom. The molecule has 1 heterocycles. The van der Waals surface area contributed by atoms with Crippen LogP contribution in [0.15, 0.2) is 43.0 Å². The molecule has 136 valence electrons. The van der Waals surface area contributed by atoms with Gasteiger partial charge >= 0.3 is 0 Å². The highest BCUT2D eigenvalue weighted by atomic mass is 16.7. The van der Waals surface area contributed by atoms with Gasteiger partial charge in [-0.05, 0) is 18.1 Å². The van der Waals surface area contributed by atoms with Crippen LogP contribution in [0.25, 0.3) is 6.08 Å². The second-order valence-corrected chi connectivity index (χ2v) is 6.31. The first-order valence-electron chi connectivity index (χ1n) is 8.37. The Hall–Kier alpha value is -1.54. The normalized spacial score (nSPS) is 37.5. The van der Waals surface area contributed by atoms with Crippen molar-refractivity contribution >= 4 is 6.08 Å². The van der Waals surface area contributed by atoms with Crippen molar-refractivity contribution in [1.82, 2.24) is 0 Å². The first kappa shape index (κ1) is 18.3. The zero-order valence-electron chi connectivity index (χ0n) is 14.1. The third-order valence-corrected chi connectivity index (χ3v) is 4.57. The van der Waals surface area contributed by atoms with E-state index >= 15 is 0 Å². The number of fused-ring (bicyclic) bond motifs is 1. The summed E-state index contributed by atoms with van der Waals surface area (Å²) in [7, 11) is 0. The number of aliphatic hydroxyl groups excluding tert-OH is 3. The molecule has 0 aromatic heterocycles. The van der Waals surface area contributed by atoms with Gasteiger partial charge in [-0.1, -0.05) is 42.5 Å². The zero-order valence-corrected chi connectivity index (χ0v) is 14.1. The molecule has 1 aromatic rings. The summed E-state index contributed by atoms with van der Waals surface area (Å²) in [6.45, 7) is 5.45. The molecule has 6 heteroatoms. The third kappa shape index (κ3) is 3.69. The van der Waals surface area contributed by atoms with Crippen LogP contribution in [0.1, 0.15) is 24.2 Å². The van der Waals surface area contributed by atoms with Crippen LogP contribution in [0.3, 0.4) is 0 Å². The minimum absolute atomic E-state index is 0.205. The quantitative estimate of drug-likeness (QED) is 0.693. The Balaban J connectivity index is 1.75. The van der Waals surface area contributed by atoms with Crippen LogP contribution in [-0.4, -0.2) is 58.7 Å². The summed E-state index contributed by atoms with van der Waals surface area (Å²) in [4.78, 5) is 0. The van der Waals surface area contributed by atoms with Crippen LogP contribution in [0, 0.1) is 0 Å². The van der Waals surface area contributed by atoms with Gasteiger partial charge in [0, 0.05) is 0 Å². The molecule has 1 saturated heterocycles. The van der Waals surface area contributed by atoms with E-state index in [-0.39, 0.29) is 6.61 Å². The number of rotatable bonds is 5. The molecule has 7 atom stereocenters. The second-order valence-electron chi connectivity index (χ2n) is 6.31. The van der Waals surface area contributed by atoms with E-state index in [1.165, 1.54) is 0 Å². The van der Waals surface area contributed by atoms with Crippen molar-refractivity contribution in [2.75, 3.05) is 6.61 Å². The van der Waals surface area contributed by atoms with Gasteiger partial charge in [-0.25, -0.2) is 0 Å². The molecule has 2 aliphatic rings. The maximum atomic E-state index is 10.6. The Bertz CT molecular complexity index is 630. The molecule has 1 fully saturated rings. The van der Waals surface area contributed by atoms with E-state index < -0.39 is 42.9 Å². The molecule has 0 amide bonds. The highest BCUT2D eigenvalue weighted by Gasteiger charge is 2.45. The number of hydrogen-bond acceptors (Lipinski definition) is 6. The Morgan fingerprint density at radius 1 is 1.20 bits per heavy atom. The highest BCUT2D eigenvalue weighted by Crippen LogP contribution is 2.33. The average Bonchev–Trinajstić information content (AvgIpc) is 2.62. The average molecular weight is 348 g/mol. The van der Waals surface area contributed by atoms with Crippen molar-refractivity contribution in [2.45, 2.75) is 49.8 Å². The molecule has 0 bridgehead atoms. The van der Waals surface area contributed by atoms with E-state index in [1.807, 2.05) is 30.3 Å². The standard InChI is InChI=1S/C19H24O6/c1-3-10-23-19-17(22)18(15(20)11(2)24-19)25-14-9-8-12-6-4-5-7-13(12)16(14)21/h3-9,11,14-22H,1,10H2,2H3/t11-,14+,15+,16+,17-,18+,19+/m0/s1. The van der Waals surface area contributed by atoms with Crippen LogP contribution in [-0.2, 0) is 14.2 Å². The van der Waals surface area contributed by atoms with Gasteiger partial charge in [0.2, 0.25) is 0 Å². The molecule has 3 rings (SSSR count). The van der Waals surface area contributed by atoms with Gasteiger partial charge in [-0.15, -0.1) is 6.58 Å². The van der Waals surface area contributed by atoms with E-state index in [9.17, 15) is 15.3 Å². The number of benzene rings is 1. The number of ether oxygens (including phenoxy) is 3. The molecule has 0 spiro atoms. The monoisotopic (exact) mass is 348 g/mol. The molecule has 0 radical (unpaired) electrons. The van der Waals surface area contributed by atoms with Gasteiger partial charge in [0.05, 0.1) is 12.7 Å². The van der Waals surface area contributed by atoms with Crippen molar-refractivity contribution in [3.8, 4) is 0 Å². The van der Waals surface area contributed by atoms with Crippen LogP contribution >= 0.6 is 0 Å². The largest absolute Gasteiger partial charge is 0.388 e. The summed E-state index contributed by atoms with van der Waals surface area (Å²) >= 11 is 0. The van der Waals surface area contributed by atoms with E-state index in [4.69, 9.17) is 14.2 Å². The van der Waals surface area contributed by atoms with Gasteiger partial charge in [-0.3, -0.25) is 0 Å². The second kappa shape index (κ2) is 7.78. The minimum atomic E-state index is -1.19. The fourth-order valence-electron chi connectivity index (χ4n) is 3.17. The van der Waals surface area contributed by atoms with E-state index in [0.717, 1.165) is 11.1 Å². The molecule has 1 aliphatic heterocycles. The summed E-state index contributed by atoms with van der Waals surface area (Å²) in [5.74, 6) is 0. The topological polar surface area (TPSA) is 88.4 Å². The summed E-state index contributed by atoms with van der Waals surface area (Å²) in [5.41, 5.74) is 1.67. The van der Waals surface area contributed by atoms with Crippen LogP contribution in [0.2, 0.25) is 0 Å². The van der Waals surface area contributed by atoms with E-state index in [0.29, 0.717) is 0 Å². The van der Waals surface area contributed by atoms with Crippen molar-refractivity contribution < 1.29 is 29.5 Å². The predicted octanol–water partition coefficient (Wildman–Crippen LogP) is 1.17. The fraction of sp³-hybridized carbons (Fsp3) is 0.474. The lowest BCUT2D eigenvalue weighted by atomic mass is 9.92. The van der Waals surface area contributed by atoms with Crippen molar-refractivity contribution in [2.24, 2.45) is 0 Å². The van der Waals surface area contributed by atoms with Gasteiger partial charge < -0.3 is 29.5 Å². The first-order valence-corrected chi connectivity index (χ1v) is 8.37. The number of hydrogen-bond donors (Lipinski definition) is 3. The molecule has 1 aliphatic carbocycles. The summed E-state index contributed by atoms with van der Waals surface area (Å²) in [6, 6.07) is 7.48. The third-order valence-electron chi connectivity index (χ3n) is 4.57. The first-order chi connectivity index (χ1) is 12.0. The Labute approximate surface area is 147 Å². The molecule has 25 heavy (non-hydrogen) atoms. The van der Waals surface area contributed by atoms with E-state index in [1.54, 1.807) is 19.1 Å². The van der Waals surface area contributed by atoms with Crippen molar-refractivity contribution in [3.63, 3.8) is 0 Å². The molecular weight excluding hydrogens is 324 g/mol. The lowest BCUT2D eigenvalue weighted by Crippen LogP contribution is -2.59. The summed E-state index contributed by atoms with van der Waals surface area (Å²) in [6.07, 6.45) is -1.13. The van der Waals surface area contributed by atoms with Crippen LogP contribution < -0.4 is 0 Å². The van der Waals surface area contributed by atoms with E-state index in [2.05, 4.69) is 6.58 Å². The highest BCUT2D eigenvalue weighted by molar-refractivity contribution is 5.58.